The fourth-order valence-electron chi connectivity index (χ4n) is 3.32. The Morgan fingerprint density at radius 1 is 1.15 bits per heavy atom. The van der Waals surface area contributed by atoms with Gasteiger partial charge in [0.05, 0.1) is 5.69 Å². The molecule has 0 spiro atoms. The summed E-state index contributed by atoms with van der Waals surface area (Å²) in [4.78, 5) is 13.0. The van der Waals surface area contributed by atoms with E-state index in [1.54, 1.807) is 24.3 Å². The second kappa shape index (κ2) is 6.88. The van der Waals surface area contributed by atoms with Gasteiger partial charge in [0.25, 0.3) is 0 Å². The molecule has 2 aliphatic heterocycles. The molecule has 0 amide bonds. The smallest absolute Gasteiger partial charge is 0.303 e. The molecule has 2 aliphatic rings. The first-order chi connectivity index (χ1) is 12.9. The average molecular weight is 388 g/mol. The van der Waals surface area contributed by atoms with Crippen LogP contribution in [0.15, 0.2) is 51.8 Å². The lowest BCUT2D eigenvalue weighted by Crippen LogP contribution is -2.29. The van der Waals surface area contributed by atoms with Gasteiger partial charge in [-0.3, -0.25) is 13.9 Å². The number of carboxylic acids is 1. The van der Waals surface area contributed by atoms with Crippen LogP contribution in [-0.4, -0.2) is 32.6 Å². The third-order valence-electron chi connectivity index (χ3n) is 4.63. The van der Waals surface area contributed by atoms with Crippen LogP contribution in [0.3, 0.4) is 0 Å². The average Bonchev–Trinajstić information content (AvgIpc) is 3.09. The Balaban J connectivity index is 1.54. The van der Waals surface area contributed by atoms with Crippen molar-refractivity contribution in [3.8, 4) is 11.5 Å². The lowest BCUT2D eigenvalue weighted by molar-refractivity contribution is -0.136. The highest BCUT2D eigenvalue weighted by atomic mass is 32.3. The van der Waals surface area contributed by atoms with Gasteiger partial charge in [-0.1, -0.05) is 22.9 Å². The van der Waals surface area contributed by atoms with E-state index in [-0.39, 0.29) is 6.42 Å². The number of benzene rings is 2. The molecular formula is C19H20N2O5S. The Hall–Kier alpha value is -2.55. The van der Waals surface area contributed by atoms with Crippen molar-refractivity contribution in [1.29, 1.82) is 0 Å². The number of aliphatic carboxylic acids is 1. The fourth-order valence-corrected chi connectivity index (χ4v) is 4.64. The quantitative estimate of drug-likeness (QED) is 0.695. The first-order valence-electron chi connectivity index (χ1n) is 8.69. The standard InChI is InChI=1S/C19H20N2O5S/c22-19(23)10-5-13-3-6-14(7-4-13)26-15-8-9-16-17(12-15)27(24,25)20-18-2-1-11-21(16)18/h3-4,6-9,12,24-25H,1-2,5,10-11H2,(H,22,23). The normalized spacial score (nSPS) is 18.3. The summed E-state index contributed by atoms with van der Waals surface area (Å²) in [7, 11) is -3.22. The molecule has 0 aliphatic carbocycles. The SMILES string of the molecule is O=C(O)CCc1ccc(Oc2ccc3c(c2)S(O)(O)N=C2CCCN23)cc1. The summed E-state index contributed by atoms with van der Waals surface area (Å²) >= 11 is 0. The van der Waals surface area contributed by atoms with Crippen molar-refractivity contribution in [3.05, 3.63) is 48.0 Å². The highest BCUT2D eigenvalue weighted by Crippen LogP contribution is 2.58. The first-order valence-corrected chi connectivity index (χ1v) is 10.2. The molecule has 1 saturated heterocycles. The van der Waals surface area contributed by atoms with E-state index in [9.17, 15) is 13.9 Å². The number of rotatable bonds is 5. The number of aryl methyl sites for hydroxylation is 1. The molecule has 2 aromatic rings. The first kappa shape index (κ1) is 17.8. The Kier molecular flexibility index (Phi) is 4.55. The van der Waals surface area contributed by atoms with E-state index >= 15 is 0 Å². The summed E-state index contributed by atoms with van der Waals surface area (Å²) < 4.78 is 30.8. The minimum absolute atomic E-state index is 0.0852. The summed E-state index contributed by atoms with van der Waals surface area (Å²) in [6, 6.07) is 12.4. The van der Waals surface area contributed by atoms with Gasteiger partial charge < -0.3 is 14.7 Å². The van der Waals surface area contributed by atoms with Crippen LogP contribution in [-0.2, 0) is 11.2 Å². The summed E-state index contributed by atoms with van der Waals surface area (Å²) in [6.07, 6.45) is 2.25. The van der Waals surface area contributed by atoms with E-state index < -0.39 is 16.7 Å². The number of carbonyl (C=O) groups is 1. The maximum absolute atomic E-state index is 10.6. The third-order valence-corrected chi connectivity index (χ3v) is 6.01. The van der Waals surface area contributed by atoms with Crippen molar-refractivity contribution < 1.29 is 23.7 Å². The molecule has 0 radical (unpaired) electrons. The van der Waals surface area contributed by atoms with E-state index in [2.05, 4.69) is 4.40 Å². The Labute approximate surface area is 158 Å². The molecule has 1 fully saturated rings. The van der Waals surface area contributed by atoms with Gasteiger partial charge >= 0.3 is 5.97 Å². The highest BCUT2D eigenvalue weighted by molar-refractivity contribution is 8.23. The van der Waals surface area contributed by atoms with E-state index in [4.69, 9.17) is 9.84 Å². The van der Waals surface area contributed by atoms with E-state index in [0.717, 1.165) is 36.5 Å². The topological polar surface area (TPSA) is 103 Å². The van der Waals surface area contributed by atoms with Gasteiger partial charge in [-0.15, -0.1) is 4.40 Å². The van der Waals surface area contributed by atoms with Crippen molar-refractivity contribution in [2.75, 3.05) is 11.4 Å². The number of ether oxygens (including phenoxy) is 1. The maximum Gasteiger partial charge on any atom is 0.303 e. The summed E-state index contributed by atoms with van der Waals surface area (Å²) in [5, 5.41) is 8.74. The zero-order valence-electron chi connectivity index (χ0n) is 14.5. The van der Waals surface area contributed by atoms with Crippen molar-refractivity contribution >= 4 is 28.3 Å². The van der Waals surface area contributed by atoms with Crippen molar-refractivity contribution in [3.63, 3.8) is 0 Å². The van der Waals surface area contributed by atoms with Gasteiger partial charge in [-0.2, -0.15) is 0 Å². The highest BCUT2D eigenvalue weighted by Gasteiger charge is 2.34. The Morgan fingerprint density at radius 3 is 2.63 bits per heavy atom. The second-order valence-corrected chi connectivity index (χ2v) is 8.21. The molecule has 0 saturated carbocycles. The van der Waals surface area contributed by atoms with Crippen LogP contribution in [0.5, 0.6) is 11.5 Å². The van der Waals surface area contributed by atoms with Gasteiger partial charge in [-0.05, 0) is 42.7 Å². The van der Waals surface area contributed by atoms with Crippen molar-refractivity contribution in [2.24, 2.45) is 4.40 Å². The molecule has 2 heterocycles. The number of hydrogen-bond donors (Lipinski definition) is 3. The zero-order valence-corrected chi connectivity index (χ0v) is 15.4. The molecule has 142 valence electrons. The minimum atomic E-state index is -3.22. The van der Waals surface area contributed by atoms with Crippen molar-refractivity contribution in [1.82, 2.24) is 0 Å². The monoisotopic (exact) mass is 388 g/mol. The number of carboxylic acid groups (broad SMARTS) is 1. The van der Waals surface area contributed by atoms with Crippen LogP contribution in [0.2, 0.25) is 0 Å². The van der Waals surface area contributed by atoms with Gasteiger partial charge in [-0.25, -0.2) is 0 Å². The Bertz CT molecular complexity index is 911. The minimum Gasteiger partial charge on any atom is -0.481 e. The molecule has 4 rings (SSSR count). The molecular weight excluding hydrogens is 368 g/mol. The van der Waals surface area contributed by atoms with E-state index in [1.807, 2.05) is 23.1 Å². The predicted octanol–water partition coefficient (Wildman–Crippen LogP) is 4.53. The second-order valence-electron chi connectivity index (χ2n) is 6.55. The lowest BCUT2D eigenvalue weighted by atomic mass is 10.1. The molecule has 0 aromatic heterocycles. The van der Waals surface area contributed by atoms with Gasteiger partial charge in [0.1, 0.15) is 22.2 Å². The van der Waals surface area contributed by atoms with Gasteiger partial charge in [0.15, 0.2) is 0 Å². The third kappa shape index (κ3) is 3.64. The molecule has 7 nitrogen and oxygen atoms in total. The predicted molar refractivity (Wildman–Crippen MR) is 104 cm³/mol. The van der Waals surface area contributed by atoms with Crippen LogP contribution in [0.1, 0.15) is 24.8 Å². The zero-order chi connectivity index (χ0) is 19.0. The van der Waals surface area contributed by atoms with Crippen LogP contribution in [0, 0.1) is 0 Å². The van der Waals surface area contributed by atoms with E-state index in [1.165, 1.54) is 0 Å². The summed E-state index contributed by atoms with van der Waals surface area (Å²) in [6.45, 7) is 0.819. The number of fused-ring (bicyclic) bond motifs is 3. The molecule has 0 unspecified atom stereocenters. The van der Waals surface area contributed by atoms with Crippen LogP contribution in [0.4, 0.5) is 5.69 Å². The molecule has 8 heteroatoms. The maximum atomic E-state index is 10.6. The van der Waals surface area contributed by atoms with Crippen LogP contribution >= 0.6 is 10.8 Å². The molecule has 3 N–H and O–H groups in total. The van der Waals surface area contributed by atoms with Gasteiger partial charge in [0, 0.05) is 25.5 Å². The molecule has 0 atom stereocenters. The number of anilines is 1. The van der Waals surface area contributed by atoms with Crippen molar-refractivity contribution in [2.45, 2.75) is 30.6 Å². The Morgan fingerprint density at radius 2 is 1.89 bits per heavy atom. The van der Waals surface area contributed by atoms with Crippen LogP contribution < -0.4 is 9.64 Å². The summed E-state index contributed by atoms with van der Waals surface area (Å²) in [5.74, 6) is 0.983. The van der Waals surface area contributed by atoms with Crippen LogP contribution in [0.25, 0.3) is 0 Å². The molecule has 27 heavy (non-hydrogen) atoms. The van der Waals surface area contributed by atoms with E-state index in [0.29, 0.717) is 22.8 Å². The fraction of sp³-hybridized carbons (Fsp3) is 0.263. The van der Waals surface area contributed by atoms with Gasteiger partial charge in [0.2, 0.25) is 0 Å². The lowest BCUT2D eigenvalue weighted by Gasteiger charge is -2.37. The molecule has 0 bridgehead atoms. The number of nitrogens with zero attached hydrogens (tertiary/aromatic N) is 2. The molecule has 2 aromatic carbocycles. The largest absolute Gasteiger partial charge is 0.481 e. The number of hydrogen-bond acceptors (Lipinski definition) is 6. The number of amidine groups is 1. The summed E-state index contributed by atoms with van der Waals surface area (Å²) in [5.41, 5.74) is 1.69.